The lowest BCUT2D eigenvalue weighted by Crippen LogP contribution is -2.16. The van der Waals surface area contributed by atoms with Gasteiger partial charge in [0.05, 0.1) is 11.0 Å². The molecule has 39 heavy (non-hydrogen) atoms. The Hall–Kier alpha value is -4.60. The minimum absolute atomic E-state index is 0.0936. The maximum atomic E-state index is 6.17. The predicted molar refractivity (Wildman–Crippen MR) is 164 cm³/mol. The number of thiophene rings is 1. The quantitative estimate of drug-likeness (QED) is 0.223. The van der Waals surface area contributed by atoms with E-state index in [4.69, 9.17) is 4.74 Å². The SMILES string of the molecule is C1=CC2Oc3ccccc3C2C=C1c1ccc2sc3cc(-n4c5ccccc5c5ccccc54)ccc3c2c1. The average Bonchev–Trinajstić information content (AvgIpc) is 3.65. The van der Waals surface area contributed by atoms with E-state index in [0.29, 0.717) is 0 Å². The number of nitrogens with zero attached hydrogens (tertiary/aromatic N) is 1. The molecule has 0 fully saturated rings. The number of benzene rings is 5. The van der Waals surface area contributed by atoms with Crippen LogP contribution in [0, 0.1) is 0 Å². The van der Waals surface area contributed by atoms with Crippen molar-refractivity contribution in [2.24, 2.45) is 0 Å². The Kier molecular flexibility index (Phi) is 4.35. The average molecular weight is 518 g/mol. The first-order valence-corrected chi connectivity index (χ1v) is 14.2. The molecule has 2 atom stereocenters. The molecule has 2 unspecified atom stereocenters. The molecule has 184 valence electrons. The van der Waals surface area contributed by atoms with Gasteiger partial charge in [0.25, 0.3) is 0 Å². The van der Waals surface area contributed by atoms with Gasteiger partial charge in [-0.25, -0.2) is 0 Å². The number of allylic oxidation sites excluding steroid dienone is 2. The summed E-state index contributed by atoms with van der Waals surface area (Å²) in [5.74, 6) is 1.28. The molecule has 3 heteroatoms. The Morgan fingerprint density at radius 3 is 2.26 bits per heavy atom. The molecule has 5 aromatic carbocycles. The second-order valence-electron chi connectivity index (χ2n) is 10.5. The maximum Gasteiger partial charge on any atom is 0.128 e. The summed E-state index contributed by atoms with van der Waals surface area (Å²) >= 11 is 1.87. The molecule has 0 spiro atoms. The molecule has 3 heterocycles. The molecule has 9 rings (SSSR count). The summed E-state index contributed by atoms with van der Waals surface area (Å²) in [4.78, 5) is 0. The highest BCUT2D eigenvalue weighted by Crippen LogP contribution is 2.44. The van der Waals surface area contributed by atoms with E-state index >= 15 is 0 Å². The summed E-state index contributed by atoms with van der Waals surface area (Å²) in [5.41, 5.74) is 7.49. The molecular weight excluding hydrogens is 494 g/mol. The van der Waals surface area contributed by atoms with Crippen LogP contribution in [-0.2, 0) is 0 Å². The Bertz CT molecular complexity index is 2120. The van der Waals surface area contributed by atoms with Crippen molar-refractivity contribution >= 4 is 58.9 Å². The highest BCUT2D eigenvalue weighted by atomic mass is 32.1. The highest BCUT2D eigenvalue weighted by molar-refractivity contribution is 7.25. The van der Waals surface area contributed by atoms with Crippen LogP contribution in [0.15, 0.2) is 127 Å². The van der Waals surface area contributed by atoms with Gasteiger partial charge < -0.3 is 9.30 Å². The van der Waals surface area contributed by atoms with Gasteiger partial charge in [0.2, 0.25) is 0 Å². The number of hydrogen-bond donors (Lipinski definition) is 0. The van der Waals surface area contributed by atoms with Gasteiger partial charge in [-0.15, -0.1) is 11.3 Å². The summed E-state index contributed by atoms with van der Waals surface area (Å²) < 4.78 is 11.2. The molecule has 0 N–H and O–H groups in total. The Balaban J connectivity index is 1.17. The third kappa shape index (κ3) is 3.08. The zero-order valence-corrected chi connectivity index (χ0v) is 21.9. The van der Waals surface area contributed by atoms with Crippen molar-refractivity contribution in [3.05, 3.63) is 139 Å². The topological polar surface area (TPSA) is 14.2 Å². The molecule has 0 saturated heterocycles. The van der Waals surface area contributed by atoms with E-state index in [1.165, 1.54) is 64.4 Å². The van der Waals surface area contributed by atoms with Crippen LogP contribution in [0.25, 0.3) is 53.2 Å². The molecule has 0 radical (unpaired) electrons. The van der Waals surface area contributed by atoms with Gasteiger partial charge >= 0.3 is 0 Å². The molecule has 1 aliphatic carbocycles. The van der Waals surface area contributed by atoms with Crippen molar-refractivity contribution in [2.45, 2.75) is 12.0 Å². The van der Waals surface area contributed by atoms with E-state index in [2.05, 4.69) is 126 Å². The summed E-state index contributed by atoms with van der Waals surface area (Å²) in [7, 11) is 0. The number of aromatic nitrogens is 1. The highest BCUT2D eigenvalue weighted by Gasteiger charge is 2.33. The molecule has 0 bridgehead atoms. The number of fused-ring (bicyclic) bond motifs is 9. The van der Waals surface area contributed by atoms with E-state index in [9.17, 15) is 0 Å². The first kappa shape index (κ1) is 21.3. The monoisotopic (exact) mass is 517 g/mol. The van der Waals surface area contributed by atoms with Gasteiger partial charge in [0, 0.05) is 48.1 Å². The number of hydrogen-bond acceptors (Lipinski definition) is 2. The second kappa shape index (κ2) is 7.95. The normalized spacial score (nSPS) is 18.0. The summed E-state index contributed by atoms with van der Waals surface area (Å²) in [6, 6.07) is 39.7. The van der Waals surface area contributed by atoms with E-state index in [-0.39, 0.29) is 12.0 Å². The van der Waals surface area contributed by atoms with Crippen LogP contribution in [0.5, 0.6) is 5.75 Å². The van der Waals surface area contributed by atoms with Gasteiger partial charge in [0.1, 0.15) is 11.9 Å². The third-order valence-electron chi connectivity index (χ3n) is 8.35. The van der Waals surface area contributed by atoms with Crippen LogP contribution >= 0.6 is 11.3 Å². The maximum absolute atomic E-state index is 6.17. The molecular formula is C36H23NOS. The molecule has 7 aromatic rings. The predicted octanol–water partition coefficient (Wildman–Crippen LogP) is 9.65. The second-order valence-corrected chi connectivity index (χ2v) is 11.6. The summed E-state index contributed by atoms with van der Waals surface area (Å²) in [6.07, 6.45) is 6.92. The van der Waals surface area contributed by atoms with E-state index in [0.717, 1.165) is 5.75 Å². The van der Waals surface area contributed by atoms with Crippen molar-refractivity contribution in [3.8, 4) is 11.4 Å². The minimum atomic E-state index is 0.0936. The third-order valence-corrected chi connectivity index (χ3v) is 9.48. The lowest BCUT2D eigenvalue weighted by Gasteiger charge is -2.18. The van der Waals surface area contributed by atoms with Crippen LogP contribution in [0.4, 0.5) is 0 Å². The lowest BCUT2D eigenvalue weighted by molar-refractivity contribution is 0.269. The minimum Gasteiger partial charge on any atom is -0.485 e. The molecule has 2 aromatic heterocycles. The van der Waals surface area contributed by atoms with E-state index < -0.39 is 0 Å². The van der Waals surface area contributed by atoms with Gasteiger partial charge in [-0.05, 0) is 59.7 Å². The fourth-order valence-electron chi connectivity index (χ4n) is 6.53. The number of ether oxygens (including phenoxy) is 1. The first-order valence-electron chi connectivity index (χ1n) is 13.4. The summed E-state index contributed by atoms with van der Waals surface area (Å²) in [6.45, 7) is 0. The van der Waals surface area contributed by atoms with Crippen molar-refractivity contribution in [3.63, 3.8) is 0 Å². The zero-order chi connectivity index (χ0) is 25.5. The summed E-state index contributed by atoms with van der Waals surface area (Å²) in [5, 5.41) is 5.22. The van der Waals surface area contributed by atoms with E-state index in [1.54, 1.807) is 0 Å². The van der Waals surface area contributed by atoms with Crippen LogP contribution in [0.1, 0.15) is 17.0 Å². The van der Waals surface area contributed by atoms with Gasteiger partial charge in [-0.2, -0.15) is 0 Å². The molecule has 2 nitrogen and oxygen atoms in total. The van der Waals surface area contributed by atoms with Crippen LogP contribution < -0.4 is 4.74 Å². The molecule has 2 aliphatic rings. The Morgan fingerprint density at radius 1 is 0.641 bits per heavy atom. The fourth-order valence-corrected chi connectivity index (χ4v) is 7.65. The largest absolute Gasteiger partial charge is 0.485 e. The zero-order valence-electron chi connectivity index (χ0n) is 21.0. The van der Waals surface area contributed by atoms with Gasteiger partial charge in [-0.1, -0.05) is 78.9 Å². The van der Waals surface area contributed by atoms with Crippen LogP contribution in [-0.4, -0.2) is 10.7 Å². The Labute approximate surface area is 229 Å². The standard InChI is InChI=1S/C36H23NOS/c1-4-10-31-25(7-1)26-8-2-5-11-32(26)37(31)24-15-16-28-30-20-23(14-18-35(30)39-36(28)21-24)22-13-17-34-29(19-22)27-9-3-6-12-33(27)38-34/h1-21,29,34H. The van der Waals surface area contributed by atoms with Crippen molar-refractivity contribution < 1.29 is 4.74 Å². The number of para-hydroxylation sites is 3. The number of rotatable bonds is 2. The molecule has 1 aliphatic heterocycles. The van der Waals surface area contributed by atoms with Gasteiger partial charge in [0.15, 0.2) is 0 Å². The molecule has 0 saturated carbocycles. The van der Waals surface area contributed by atoms with Gasteiger partial charge in [-0.3, -0.25) is 0 Å². The van der Waals surface area contributed by atoms with E-state index in [1.807, 2.05) is 17.4 Å². The van der Waals surface area contributed by atoms with Crippen molar-refractivity contribution in [1.82, 2.24) is 4.57 Å². The van der Waals surface area contributed by atoms with Crippen molar-refractivity contribution in [1.29, 1.82) is 0 Å². The van der Waals surface area contributed by atoms with Crippen LogP contribution in [0.2, 0.25) is 0 Å². The Morgan fingerprint density at radius 2 is 1.41 bits per heavy atom. The lowest BCUT2D eigenvalue weighted by atomic mass is 9.87. The van der Waals surface area contributed by atoms with Crippen molar-refractivity contribution in [2.75, 3.05) is 0 Å². The fraction of sp³-hybridized carbons (Fsp3) is 0.0556. The smallest absolute Gasteiger partial charge is 0.128 e. The first-order chi connectivity index (χ1) is 19.3. The van der Waals surface area contributed by atoms with Crippen LogP contribution in [0.3, 0.4) is 0 Å². The molecule has 0 amide bonds.